The lowest BCUT2D eigenvalue weighted by molar-refractivity contribution is 0.0977. The molecule has 21 heavy (non-hydrogen) atoms. The van der Waals surface area contributed by atoms with Crippen LogP contribution in [0.2, 0.25) is 10.2 Å². The number of aromatic amines is 1. The van der Waals surface area contributed by atoms with Gasteiger partial charge in [-0.2, -0.15) is 0 Å². The van der Waals surface area contributed by atoms with E-state index in [0.29, 0.717) is 12.1 Å². The third-order valence-electron chi connectivity index (χ3n) is 2.38. The highest BCUT2D eigenvalue weighted by molar-refractivity contribution is 7.90. The number of rotatable bonds is 3. The quantitative estimate of drug-likeness (QED) is 0.889. The van der Waals surface area contributed by atoms with Crippen LogP contribution in [-0.2, 0) is 10.0 Å². The average Bonchev–Trinajstić information content (AvgIpc) is 2.68. The molecule has 1 amide bonds. The fourth-order valence-corrected chi connectivity index (χ4v) is 2.79. The molecule has 0 saturated carbocycles. The molecule has 2 rings (SSSR count). The minimum Gasteiger partial charge on any atom is -0.340 e. The van der Waals surface area contributed by atoms with Gasteiger partial charge in [0.1, 0.15) is 27.4 Å². The molecule has 0 aliphatic heterocycles. The minimum absolute atomic E-state index is 0.0205. The Morgan fingerprint density at radius 3 is 2.38 bits per heavy atom. The Kier molecular flexibility index (Phi) is 4.22. The van der Waals surface area contributed by atoms with Gasteiger partial charge in [0.25, 0.3) is 15.9 Å². The van der Waals surface area contributed by atoms with Crippen LogP contribution in [0.25, 0.3) is 0 Å². The fraction of sp³-hybridized carbons (Fsp3) is 0. The number of aromatic nitrogens is 1. The van der Waals surface area contributed by atoms with E-state index in [-0.39, 0.29) is 15.9 Å². The summed E-state index contributed by atoms with van der Waals surface area (Å²) >= 11 is 11.2. The number of nitrogens with one attached hydrogen (secondary N) is 2. The Morgan fingerprint density at radius 1 is 1.19 bits per heavy atom. The van der Waals surface area contributed by atoms with Gasteiger partial charge in [0, 0.05) is 6.07 Å². The van der Waals surface area contributed by atoms with Crippen molar-refractivity contribution < 1.29 is 22.0 Å². The van der Waals surface area contributed by atoms with Crippen molar-refractivity contribution in [2.45, 2.75) is 4.90 Å². The summed E-state index contributed by atoms with van der Waals surface area (Å²) in [5.74, 6) is -3.36. The Balaban J connectivity index is 2.31. The molecule has 0 saturated heterocycles. The van der Waals surface area contributed by atoms with Crippen LogP contribution in [-0.4, -0.2) is 19.3 Å². The Labute approximate surface area is 127 Å². The first kappa shape index (κ1) is 15.7. The van der Waals surface area contributed by atoms with Crippen molar-refractivity contribution in [2.24, 2.45) is 0 Å². The summed E-state index contributed by atoms with van der Waals surface area (Å²) in [4.78, 5) is 13.2. The maximum absolute atomic E-state index is 13.4. The highest BCUT2D eigenvalue weighted by Crippen LogP contribution is 2.22. The van der Waals surface area contributed by atoms with Gasteiger partial charge in [-0.15, -0.1) is 0 Å². The number of halogens is 4. The van der Waals surface area contributed by atoms with Crippen LogP contribution < -0.4 is 4.72 Å². The second kappa shape index (κ2) is 5.63. The van der Waals surface area contributed by atoms with E-state index in [0.717, 1.165) is 12.1 Å². The van der Waals surface area contributed by atoms with Gasteiger partial charge < -0.3 is 4.98 Å². The summed E-state index contributed by atoms with van der Waals surface area (Å²) in [6.45, 7) is 0. The van der Waals surface area contributed by atoms with Gasteiger partial charge in [0.05, 0.1) is 5.02 Å². The van der Waals surface area contributed by atoms with E-state index in [2.05, 4.69) is 4.98 Å². The zero-order valence-corrected chi connectivity index (χ0v) is 12.3. The molecular formula is C11H6Cl2F2N2O3S. The predicted octanol–water partition coefficient (Wildman–Crippen LogP) is 2.72. The second-order valence-corrected chi connectivity index (χ2v) is 6.29. The smallest absolute Gasteiger partial charge is 0.281 e. The van der Waals surface area contributed by atoms with Crippen molar-refractivity contribution >= 4 is 39.1 Å². The van der Waals surface area contributed by atoms with Crippen molar-refractivity contribution in [1.82, 2.24) is 9.71 Å². The molecule has 2 aromatic rings. The lowest BCUT2D eigenvalue weighted by Gasteiger charge is -2.06. The Morgan fingerprint density at radius 2 is 1.86 bits per heavy atom. The highest BCUT2D eigenvalue weighted by atomic mass is 35.5. The van der Waals surface area contributed by atoms with Crippen LogP contribution >= 0.6 is 23.2 Å². The molecule has 0 aliphatic carbocycles. The van der Waals surface area contributed by atoms with Crippen molar-refractivity contribution in [3.63, 3.8) is 0 Å². The molecule has 2 N–H and O–H groups in total. The van der Waals surface area contributed by atoms with Crippen molar-refractivity contribution in [3.8, 4) is 0 Å². The van der Waals surface area contributed by atoms with Crippen LogP contribution in [0, 0.1) is 11.6 Å². The number of carbonyl (C=O) groups is 1. The molecule has 0 unspecified atom stereocenters. The molecule has 0 spiro atoms. The first-order chi connectivity index (χ1) is 9.70. The summed E-state index contributed by atoms with van der Waals surface area (Å²) in [5.41, 5.74) is -0.226. The zero-order valence-electron chi connectivity index (χ0n) is 9.95. The Bertz CT molecular complexity index is 801. The molecule has 0 aliphatic rings. The highest BCUT2D eigenvalue weighted by Gasteiger charge is 2.24. The fourth-order valence-electron chi connectivity index (χ4n) is 1.45. The van der Waals surface area contributed by atoms with Gasteiger partial charge in [-0.1, -0.05) is 23.2 Å². The van der Waals surface area contributed by atoms with Gasteiger partial charge in [-0.05, 0) is 18.2 Å². The molecule has 10 heteroatoms. The van der Waals surface area contributed by atoms with E-state index in [1.165, 1.54) is 0 Å². The van der Waals surface area contributed by atoms with E-state index in [9.17, 15) is 22.0 Å². The third kappa shape index (κ3) is 3.34. The van der Waals surface area contributed by atoms with Crippen molar-refractivity contribution in [2.75, 3.05) is 0 Å². The largest absolute Gasteiger partial charge is 0.340 e. The van der Waals surface area contributed by atoms with E-state index in [4.69, 9.17) is 23.2 Å². The number of hydrogen-bond acceptors (Lipinski definition) is 3. The number of hydrogen-bond donors (Lipinski definition) is 2. The Hall–Kier alpha value is -1.64. The van der Waals surface area contributed by atoms with Crippen LogP contribution in [0.3, 0.4) is 0 Å². The van der Waals surface area contributed by atoms with Crippen LogP contribution in [0.4, 0.5) is 8.78 Å². The van der Waals surface area contributed by atoms with Crippen molar-refractivity contribution in [1.29, 1.82) is 0 Å². The summed E-state index contributed by atoms with van der Waals surface area (Å²) in [7, 11) is -4.51. The zero-order chi connectivity index (χ0) is 15.8. The lowest BCUT2D eigenvalue weighted by Crippen LogP contribution is -2.31. The molecule has 1 aromatic heterocycles. The molecule has 0 fully saturated rings. The molecule has 5 nitrogen and oxygen atoms in total. The number of carbonyl (C=O) groups excluding carboxylic acids is 1. The lowest BCUT2D eigenvalue weighted by atomic mass is 10.3. The van der Waals surface area contributed by atoms with Gasteiger partial charge in [-0.25, -0.2) is 21.9 Å². The first-order valence-electron chi connectivity index (χ1n) is 5.27. The van der Waals surface area contributed by atoms with Crippen molar-refractivity contribution in [3.05, 3.63) is 51.8 Å². The third-order valence-corrected chi connectivity index (χ3v) is 4.44. The second-order valence-electron chi connectivity index (χ2n) is 3.85. The summed E-state index contributed by atoms with van der Waals surface area (Å²) in [6, 6.07) is 2.95. The normalized spacial score (nSPS) is 11.4. The average molecular weight is 355 g/mol. The molecule has 1 heterocycles. The minimum atomic E-state index is -4.51. The number of benzene rings is 1. The van der Waals surface area contributed by atoms with E-state index >= 15 is 0 Å². The molecule has 0 radical (unpaired) electrons. The topological polar surface area (TPSA) is 79.0 Å². The molecular weight excluding hydrogens is 349 g/mol. The summed E-state index contributed by atoms with van der Waals surface area (Å²) in [5, 5.41) is -0.0284. The van der Waals surface area contributed by atoms with Gasteiger partial charge in [0.2, 0.25) is 0 Å². The molecule has 112 valence electrons. The molecule has 0 bridgehead atoms. The van der Waals surface area contributed by atoms with Gasteiger partial charge in [-0.3, -0.25) is 4.79 Å². The van der Waals surface area contributed by atoms with E-state index in [1.54, 1.807) is 4.72 Å². The van der Waals surface area contributed by atoms with E-state index < -0.39 is 32.5 Å². The molecule has 0 atom stereocenters. The van der Waals surface area contributed by atoms with Crippen LogP contribution in [0.1, 0.15) is 10.5 Å². The van der Waals surface area contributed by atoms with Gasteiger partial charge >= 0.3 is 0 Å². The van der Waals surface area contributed by atoms with Crippen LogP contribution in [0.5, 0.6) is 0 Å². The van der Waals surface area contributed by atoms with Crippen LogP contribution in [0.15, 0.2) is 29.2 Å². The SMILES string of the molecule is O=C(NS(=O)(=O)c1ccc(F)cc1F)c1cc(Cl)c(Cl)[nH]1. The monoisotopic (exact) mass is 354 g/mol. The number of sulfonamides is 1. The molecule has 1 aromatic carbocycles. The summed E-state index contributed by atoms with van der Waals surface area (Å²) in [6.07, 6.45) is 0. The maximum atomic E-state index is 13.4. The number of amides is 1. The first-order valence-corrected chi connectivity index (χ1v) is 7.51. The standard InChI is InChI=1S/C11H6Cl2F2N2O3S/c12-6-4-8(16-10(6)13)11(18)17-21(19,20)9-2-1-5(14)3-7(9)15/h1-4,16H,(H,17,18). The summed E-state index contributed by atoms with van der Waals surface area (Å²) < 4.78 is 51.5. The van der Waals surface area contributed by atoms with Gasteiger partial charge in [0.15, 0.2) is 0 Å². The maximum Gasteiger partial charge on any atom is 0.281 e. The number of H-pyrrole nitrogens is 1. The predicted molar refractivity (Wildman–Crippen MR) is 71.8 cm³/mol. The van der Waals surface area contributed by atoms with E-state index in [1.807, 2.05) is 0 Å².